The van der Waals surface area contributed by atoms with Gasteiger partial charge in [0.1, 0.15) is 11.1 Å². The summed E-state index contributed by atoms with van der Waals surface area (Å²) in [6, 6.07) is 3.84. The van der Waals surface area contributed by atoms with E-state index in [1.54, 1.807) is 18.0 Å². The summed E-state index contributed by atoms with van der Waals surface area (Å²) >= 11 is 1.79. The van der Waals surface area contributed by atoms with Gasteiger partial charge in [0.15, 0.2) is 0 Å². The SMILES string of the molecule is O=C(C1CC1)N1CCSC1c1ccco1. The van der Waals surface area contributed by atoms with Crippen molar-refractivity contribution in [2.24, 2.45) is 5.92 Å². The molecule has 1 aliphatic carbocycles. The number of hydrogen-bond donors (Lipinski definition) is 0. The number of carbonyl (C=O) groups excluding carboxylic acids is 1. The molecule has 0 N–H and O–H groups in total. The first kappa shape index (κ1) is 9.33. The summed E-state index contributed by atoms with van der Waals surface area (Å²) in [5, 5.41) is 0.119. The second-order valence-corrected chi connectivity index (χ2v) is 5.23. The summed E-state index contributed by atoms with van der Waals surface area (Å²) in [7, 11) is 0. The molecule has 0 bridgehead atoms. The van der Waals surface area contributed by atoms with E-state index < -0.39 is 0 Å². The molecule has 15 heavy (non-hydrogen) atoms. The Bertz CT molecular complexity index is 359. The second-order valence-electron chi connectivity index (χ2n) is 4.04. The number of carbonyl (C=O) groups is 1. The van der Waals surface area contributed by atoms with Crippen LogP contribution in [0.25, 0.3) is 0 Å². The Morgan fingerprint density at radius 2 is 2.40 bits per heavy atom. The van der Waals surface area contributed by atoms with E-state index in [1.165, 1.54) is 0 Å². The van der Waals surface area contributed by atoms with Crippen LogP contribution in [0.1, 0.15) is 24.0 Å². The Kier molecular flexibility index (Phi) is 2.24. The van der Waals surface area contributed by atoms with Crippen LogP contribution in [0.3, 0.4) is 0 Å². The maximum atomic E-state index is 12.0. The van der Waals surface area contributed by atoms with E-state index >= 15 is 0 Å². The minimum absolute atomic E-state index is 0.119. The maximum absolute atomic E-state index is 12.0. The van der Waals surface area contributed by atoms with Crippen molar-refractivity contribution in [3.8, 4) is 0 Å². The van der Waals surface area contributed by atoms with Gasteiger partial charge in [0.05, 0.1) is 6.26 Å². The van der Waals surface area contributed by atoms with Gasteiger partial charge in [0.25, 0.3) is 0 Å². The molecule has 3 nitrogen and oxygen atoms in total. The van der Waals surface area contributed by atoms with Crippen LogP contribution in [-0.2, 0) is 4.79 Å². The van der Waals surface area contributed by atoms with Gasteiger partial charge in [-0.15, -0.1) is 11.8 Å². The molecule has 1 aromatic heterocycles. The van der Waals surface area contributed by atoms with Crippen LogP contribution in [0.4, 0.5) is 0 Å². The molecule has 4 heteroatoms. The van der Waals surface area contributed by atoms with Gasteiger partial charge in [-0.25, -0.2) is 0 Å². The van der Waals surface area contributed by atoms with Gasteiger partial charge in [-0.3, -0.25) is 4.79 Å². The van der Waals surface area contributed by atoms with Crippen LogP contribution in [0.2, 0.25) is 0 Å². The molecule has 2 aliphatic rings. The lowest BCUT2D eigenvalue weighted by atomic mass is 10.3. The van der Waals surface area contributed by atoms with Gasteiger partial charge in [-0.05, 0) is 25.0 Å². The van der Waals surface area contributed by atoms with E-state index in [-0.39, 0.29) is 5.37 Å². The molecule has 1 atom stereocenters. The minimum Gasteiger partial charge on any atom is -0.466 e. The predicted octanol–water partition coefficient (Wildman–Crippen LogP) is 2.26. The van der Waals surface area contributed by atoms with Gasteiger partial charge < -0.3 is 9.32 Å². The van der Waals surface area contributed by atoms with Crippen LogP contribution in [0.5, 0.6) is 0 Å². The third-order valence-corrected chi connectivity index (χ3v) is 4.11. The Balaban J connectivity index is 1.79. The monoisotopic (exact) mass is 223 g/mol. The van der Waals surface area contributed by atoms with Gasteiger partial charge in [-0.2, -0.15) is 0 Å². The first-order chi connectivity index (χ1) is 7.36. The van der Waals surface area contributed by atoms with Crippen molar-refractivity contribution in [1.29, 1.82) is 0 Å². The van der Waals surface area contributed by atoms with Crippen LogP contribution in [0.15, 0.2) is 22.8 Å². The first-order valence-electron chi connectivity index (χ1n) is 5.32. The summed E-state index contributed by atoms with van der Waals surface area (Å²) < 4.78 is 5.38. The Hall–Kier alpha value is -0.900. The summed E-state index contributed by atoms with van der Waals surface area (Å²) in [6.45, 7) is 0.866. The van der Waals surface area contributed by atoms with E-state index in [4.69, 9.17) is 4.42 Å². The van der Waals surface area contributed by atoms with E-state index in [9.17, 15) is 4.79 Å². The van der Waals surface area contributed by atoms with Crippen molar-refractivity contribution in [3.05, 3.63) is 24.2 Å². The van der Waals surface area contributed by atoms with Crippen LogP contribution in [0, 0.1) is 5.92 Å². The summed E-state index contributed by atoms with van der Waals surface area (Å²) in [5.74, 6) is 2.55. The highest BCUT2D eigenvalue weighted by Gasteiger charge is 2.39. The molecular weight excluding hydrogens is 210 g/mol. The predicted molar refractivity (Wildman–Crippen MR) is 58.3 cm³/mol. The fourth-order valence-corrected chi connectivity index (χ4v) is 3.14. The Labute approximate surface area is 92.8 Å². The molecule has 1 aliphatic heterocycles. The highest BCUT2D eigenvalue weighted by atomic mass is 32.2. The second kappa shape index (κ2) is 3.59. The van der Waals surface area contributed by atoms with E-state index in [0.717, 1.165) is 30.9 Å². The lowest BCUT2D eigenvalue weighted by Crippen LogP contribution is -2.31. The fourth-order valence-electron chi connectivity index (χ4n) is 1.93. The number of thioether (sulfide) groups is 1. The lowest BCUT2D eigenvalue weighted by Gasteiger charge is -2.21. The van der Waals surface area contributed by atoms with E-state index in [1.807, 2.05) is 17.0 Å². The zero-order valence-corrected chi connectivity index (χ0v) is 9.20. The minimum atomic E-state index is 0.119. The first-order valence-corrected chi connectivity index (χ1v) is 6.36. The number of rotatable bonds is 2. The molecule has 1 unspecified atom stereocenters. The number of amides is 1. The van der Waals surface area contributed by atoms with Crippen molar-refractivity contribution < 1.29 is 9.21 Å². The highest BCUT2D eigenvalue weighted by Crippen LogP contribution is 2.42. The molecular formula is C11H13NO2S. The zero-order chi connectivity index (χ0) is 10.3. The molecule has 2 fully saturated rings. The smallest absolute Gasteiger partial charge is 0.226 e. The van der Waals surface area contributed by atoms with Crippen molar-refractivity contribution in [2.75, 3.05) is 12.3 Å². The van der Waals surface area contributed by atoms with Crippen molar-refractivity contribution in [3.63, 3.8) is 0 Å². The topological polar surface area (TPSA) is 33.5 Å². The molecule has 80 valence electrons. The van der Waals surface area contributed by atoms with Gasteiger partial charge in [-0.1, -0.05) is 0 Å². The molecule has 1 saturated heterocycles. The van der Waals surface area contributed by atoms with Crippen LogP contribution in [-0.4, -0.2) is 23.1 Å². The molecule has 0 aromatic carbocycles. The highest BCUT2D eigenvalue weighted by molar-refractivity contribution is 7.99. The maximum Gasteiger partial charge on any atom is 0.226 e. The molecule has 3 rings (SSSR count). The molecule has 1 amide bonds. The number of nitrogens with zero attached hydrogens (tertiary/aromatic N) is 1. The molecule has 0 radical (unpaired) electrons. The summed E-state index contributed by atoms with van der Waals surface area (Å²) in [4.78, 5) is 14.0. The van der Waals surface area contributed by atoms with Crippen LogP contribution >= 0.6 is 11.8 Å². The quantitative estimate of drug-likeness (QED) is 0.771. The largest absolute Gasteiger partial charge is 0.466 e. The molecule has 1 saturated carbocycles. The average Bonchev–Trinajstić information content (AvgIpc) is 2.80. The van der Waals surface area contributed by atoms with E-state index in [2.05, 4.69) is 0 Å². The zero-order valence-electron chi connectivity index (χ0n) is 8.39. The van der Waals surface area contributed by atoms with Crippen LogP contribution < -0.4 is 0 Å². The van der Waals surface area contributed by atoms with Gasteiger partial charge >= 0.3 is 0 Å². The normalized spacial score (nSPS) is 25.9. The Morgan fingerprint density at radius 1 is 1.53 bits per heavy atom. The fraction of sp³-hybridized carbons (Fsp3) is 0.545. The Morgan fingerprint density at radius 3 is 3.07 bits per heavy atom. The molecule has 0 spiro atoms. The standard InChI is InChI=1S/C11H13NO2S/c13-10(8-3-4-8)12-5-7-15-11(12)9-2-1-6-14-9/h1-2,6,8,11H,3-5,7H2. The third kappa shape index (κ3) is 1.67. The van der Waals surface area contributed by atoms with Crippen molar-refractivity contribution in [1.82, 2.24) is 4.90 Å². The number of furan rings is 1. The van der Waals surface area contributed by atoms with Gasteiger partial charge in [0.2, 0.25) is 5.91 Å². The van der Waals surface area contributed by atoms with E-state index in [0.29, 0.717) is 11.8 Å². The lowest BCUT2D eigenvalue weighted by molar-refractivity contribution is -0.132. The summed E-state index contributed by atoms with van der Waals surface area (Å²) in [5.41, 5.74) is 0. The van der Waals surface area contributed by atoms with Crippen molar-refractivity contribution in [2.45, 2.75) is 18.2 Å². The van der Waals surface area contributed by atoms with Crippen molar-refractivity contribution >= 4 is 17.7 Å². The molecule has 2 heterocycles. The molecule has 1 aromatic rings. The average molecular weight is 223 g/mol. The number of hydrogen-bond acceptors (Lipinski definition) is 3. The van der Waals surface area contributed by atoms with Gasteiger partial charge in [0, 0.05) is 18.2 Å². The summed E-state index contributed by atoms with van der Waals surface area (Å²) in [6.07, 6.45) is 3.82. The third-order valence-electron chi connectivity index (χ3n) is 2.89.